The van der Waals surface area contributed by atoms with E-state index in [1.165, 1.54) is 11.3 Å². The summed E-state index contributed by atoms with van der Waals surface area (Å²) in [6, 6.07) is 12.3. The molecule has 2 aliphatic heterocycles. The molecule has 0 spiro atoms. The van der Waals surface area contributed by atoms with Crippen molar-refractivity contribution in [1.29, 1.82) is 0 Å². The second-order valence-corrected chi connectivity index (χ2v) is 10.7. The van der Waals surface area contributed by atoms with Gasteiger partial charge in [0.15, 0.2) is 21.3 Å². The van der Waals surface area contributed by atoms with Crippen molar-refractivity contribution in [1.82, 2.24) is 5.32 Å². The topological polar surface area (TPSA) is 81.7 Å². The average Bonchev–Trinajstić information content (AvgIpc) is 3.31. The van der Waals surface area contributed by atoms with E-state index in [2.05, 4.69) is 21.2 Å². The van der Waals surface area contributed by atoms with Crippen LogP contribution in [0.1, 0.15) is 20.8 Å². The van der Waals surface area contributed by atoms with E-state index < -0.39 is 9.84 Å². The number of thiophene rings is 1. The molecule has 2 aromatic carbocycles. The monoisotopic (exact) mass is 491 g/mol. The number of amides is 1. The summed E-state index contributed by atoms with van der Waals surface area (Å²) < 4.78 is 36.6. The van der Waals surface area contributed by atoms with Crippen LogP contribution in [-0.2, 0) is 22.1 Å². The van der Waals surface area contributed by atoms with E-state index in [9.17, 15) is 13.2 Å². The smallest absolute Gasteiger partial charge is 0.261 e. The number of sulfone groups is 1. The fourth-order valence-corrected chi connectivity index (χ4v) is 6.64. The molecule has 0 aliphatic carbocycles. The number of hydrogen-bond acceptors (Lipinski definition) is 6. The van der Waals surface area contributed by atoms with Gasteiger partial charge in [-0.2, -0.15) is 0 Å². The Hall–Kier alpha value is -2.36. The Morgan fingerprint density at radius 2 is 1.93 bits per heavy atom. The predicted octanol–water partition coefficient (Wildman–Crippen LogP) is 4.12. The predicted molar refractivity (Wildman–Crippen MR) is 112 cm³/mol. The van der Waals surface area contributed by atoms with Crippen molar-refractivity contribution in [2.75, 3.05) is 6.79 Å². The lowest BCUT2D eigenvalue weighted by molar-refractivity contribution is 0.0955. The summed E-state index contributed by atoms with van der Waals surface area (Å²) in [7, 11) is -3.42. The molecule has 2 aliphatic rings. The van der Waals surface area contributed by atoms with Gasteiger partial charge < -0.3 is 14.8 Å². The van der Waals surface area contributed by atoms with Crippen molar-refractivity contribution < 1.29 is 22.7 Å². The fraction of sp³-hybridized carbons (Fsp3) is 0.150. The Bertz CT molecular complexity index is 1270. The van der Waals surface area contributed by atoms with Crippen LogP contribution in [0.2, 0.25) is 0 Å². The second kappa shape index (κ2) is 6.86. The average molecular weight is 492 g/mol. The van der Waals surface area contributed by atoms with Gasteiger partial charge in [-0.25, -0.2) is 8.42 Å². The molecule has 0 fully saturated rings. The van der Waals surface area contributed by atoms with Gasteiger partial charge in [0, 0.05) is 21.5 Å². The standard InChI is InChI=1S/C20H14BrNO5S2/c21-13-2-4-18-14(7-13)19-12(9-29(18,24)25)6-17(28-19)20(23)22-8-11-1-3-15-16(5-11)27-10-26-15/h1-7H,8-10H2,(H,22,23). The quantitative estimate of drug-likeness (QED) is 0.595. The molecule has 0 unspecified atom stereocenters. The largest absolute Gasteiger partial charge is 0.454 e. The van der Waals surface area contributed by atoms with Crippen molar-refractivity contribution in [2.24, 2.45) is 0 Å². The SMILES string of the molecule is O=C(NCc1ccc2c(c1)OCO2)c1cc2c(s1)-c1cc(Br)ccc1S(=O)(=O)C2. The Morgan fingerprint density at radius 1 is 1.10 bits per heavy atom. The molecule has 29 heavy (non-hydrogen) atoms. The van der Waals surface area contributed by atoms with Gasteiger partial charge in [-0.05, 0) is 47.5 Å². The third-order valence-corrected chi connectivity index (χ3v) is 8.21. The van der Waals surface area contributed by atoms with E-state index in [-0.39, 0.29) is 18.5 Å². The first-order valence-corrected chi connectivity index (χ1v) is 12.0. The lowest BCUT2D eigenvalue weighted by Crippen LogP contribution is -2.21. The molecule has 0 atom stereocenters. The molecule has 5 rings (SSSR count). The first-order chi connectivity index (χ1) is 13.9. The summed E-state index contributed by atoms with van der Waals surface area (Å²) in [6.07, 6.45) is 0. The van der Waals surface area contributed by atoms with E-state index in [0.717, 1.165) is 14.9 Å². The van der Waals surface area contributed by atoms with Gasteiger partial charge in [0.25, 0.3) is 5.91 Å². The highest BCUT2D eigenvalue weighted by Crippen LogP contribution is 2.43. The number of benzene rings is 2. The zero-order valence-electron chi connectivity index (χ0n) is 14.9. The van der Waals surface area contributed by atoms with E-state index in [0.29, 0.717) is 38.9 Å². The van der Waals surface area contributed by atoms with Gasteiger partial charge in [-0.1, -0.05) is 22.0 Å². The van der Waals surface area contributed by atoms with Crippen LogP contribution in [0.3, 0.4) is 0 Å². The third kappa shape index (κ3) is 3.33. The minimum Gasteiger partial charge on any atom is -0.454 e. The van der Waals surface area contributed by atoms with Crippen molar-refractivity contribution >= 4 is 43.0 Å². The van der Waals surface area contributed by atoms with Crippen LogP contribution in [0.4, 0.5) is 0 Å². The van der Waals surface area contributed by atoms with Gasteiger partial charge in [-0.15, -0.1) is 11.3 Å². The molecule has 9 heteroatoms. The third-order valence-electron chi connectivity index (χ3n) is 4.79. The molecule has 3 aromatic rings. The van der Waals surface area contributed by atoms with Crippen LogP contribution in [0.25, 0.3) is 10.4 Å². The summed E-state index contributed by atoms with van der Waals surface area (Å²) in [5.41, 5.74) is 2.19. The Labute approximate surface area is 179 Å². The first-order valence-electron chi connectivity index (χ1n) is 8.73. The summed E-state index contributed by atoms with van der Waals surface area (Å²) in [5.74, 6) is 1.02. The Kier molecular flexibility index (Phi) is 4.41. The van der Waals surface area contributed by atoms with Gasteiger partial charge >= 0.3 is 0 Å². The van der Waals surface area contributed by atoms with E-state index in [1.807, 2.05) is 18.2 Å². The number of carbonyl (C=O) groups excluding carboxylic acids is 1. The molecule has 1 aromatic heterocycles. The number of halogens is 1. The molecule has 0 saturated heterocycles. The van der Waals surface area contributed by atoms with Crippen LogP contribution in [-0.4, -0.2) is 21.1 Å². The summed E-state index contributed by atoms with van der Waals surface area (Å²) in [4.78, 5) is 14.3. The highest BCUT2D eigenvalue weighted by molar-refractivity contribution is 9.10. The summed E-state index contributed by atoms with van der Waals surface area (Å²) >= 11 is 4.71. The zero-order chi connectivity index (χ0) is 20.2. The molecule has 0 bridgehead atoms. The van der Waals surface area contributed by atoms with Crippen molar-refractivity contribution in [2.45, 2.75) is 17.2 Å². The van der Waals surface area contributed by atoms with E-state index in [1.54, 1.807) is 24.3 Å². The van der Waals surface area contributed by atoms with Crippen molar-refractivity contribution in [3.63, 3.8) is 0 Å². The van der Waals surface area contributed by atoms with E-state index in [4.69, 9.17) is 9.47 Å². The van der Waals surface area contributed by atoms with Gasteiger partial charge in [0.05, 0.1) is 15.5 Å². The van der Waals surface area contributed by atoms with Gasteiger partial charge in [-0.3, -0.25) is 4.79 Å². The molecule has 148 valence electrons. The lowest BCUT2D eigenvalue weighted by atomic mass is 10.1. The lowest BCUT2D eigenvalue weighted by Gasteiger charge is -2.16. The van der Waals surface area contributed by atoms with Crippen LogP contribution in [0.15, 0.2) is 51.8 Å². The van der Waals surface area contributed by atoms with Gasteiger partial charge in [0.2, 0.25) is 6.79 Å². The minimum atomic E-state index is -3.42. The Balaban J connectivity index is 1.40. The number of carbonyl (C=O) groups is 1. The molecule has 0 radical (unpaired) electrons. The maximum atomic E-state index is 12.7. The second-order valence-electron chi connectivity index (χ2n) is 6.73. The summed E-state index contributed by atoms with van der Waals surface area (Å²) in [6.45, 7) is 0.533. The molecular weight excluding hydrogens is 478 g/mol. The van der Waals surface area contributed by atoms with Crippen LogP contribution < -0.4 is 14.8 Å². The van der Waals surface area contributed by atoms with Crippen molar-refractivity contribution in [3.05, 3.63) is 62.9 Å². The van der Waals surface area contributed by atoms with E-state index >= 15 is 0 Å². The van der Waals surface area contributed by atoms with Crippen molar-refractivity contribution in [3.8, 4) is 21.9 Å². The maximum absolute atomic E-state index is 12.7. The molecule has 0 saturated carbocycles. The normalized spacial score (nSPS) is 15.5. The molecule has 6 nitrogen and oxygen atoms in total. The molecule has 1 N–H and O–H groups in total. The number of rotatable bonds is 3. The highest BCUT2D eigenvalue weighted by atomic mass is 79.9. The number of ether oxygens (including phenoxy) is 2. The number of fused-ring (bicyclic) bond motifs is 4. The van der Waals surface area contributed by atoms with Gasteiger partial charge in [0.1, 0.15) is 0 Å². The van der Waals surface area contributed by atoms with Crippen LogP contribution >= 0.6 is 27.3 Å². The van der Waals surface area contributed by atoms with Crippen LogP contribution in [0.5, 0.6) is 11.5 Å². The molecule has 3 heterocycles. The maximum Gasteiger partial charge on any atom is 0.261 e. The zero-order valence-corrected chi connectivity index (χ0v) is 18.1. The number of hydrogen-bond donors (Lipinski definition) is 1. The fourth-order valence-electron chi connectivity index (χ4n) is 3.43. The van der Waals surface area contributed by atoms with Crippen LogP contribution in [0, 0.1) is 0 Å². The Morgan fingerprint density at radius 3 is 2.79 bits per heavy atom. The molecular formula is C20H14BrNO5S2. The molecule has 1 amide bonds. The first kappa shape index (κ1) is 18.7. The minimum absolute atomic E-state index is 0.0943. The highest BCUT2D eigenvalue weighted by Gasteiger charge is 2.31. The number of nitrogens with one attached hydrogen (secondary N) is 1. The summed E-state index contributed by atoms with van der Waals surface area (Å²) in [5, 5.41) is 2.89.